The van der Waals surface area contributed by atoms with E-state index in [4.69, 9.17) is 10.5 Å². The Morgan fingerprint density at radius 2 is 2.29 bits per heavy atom. The fourth-order valence-electron chi connectivity index (χ4n) is 1.98. The first-order chi connectivity index (χ1) is 8.08. The number of rotatable bonds is 2. The first kappa shape index (κ1) is 12.6. The van der Waals surface area contributed by atoms with E-state index in [1.54, 1.807) is 6.07 Å². The molecule has 0 spiro atoms. The van der Waals surface area contributed by atoms with Crippen molar-refractivity contribution in [2.45, 2.75) is 19.4 Å². The SMILES string of the molecule is CC1COCCC1Nc1cc(F)c(Br)cc1N. The van der Waals surface area contributed by atoms with Gasteiger partial charge in [0.25, 0.3) is 0 Å². The van der Waals surface area contributed by atoms with E-state index < -0.39 is 0 Å². The molecule has 0 saturated carbocycles. The molecule has 17 heavy (non-hydrogen) atoms. The topological polar surface area (TPSA) is 47.3 Å². The molecule has 0 bridgehead atoms. The number of ether oxygens (including phenoxy) is 1. The third-order valence-corrected chi connectivity index (χ3v) is 3.68. The summed E-state index contributed by atoms with van der Waals surface area (Å²) >= 11 is 3.11. The van der Waals surface area contributed by atoms with Gasteiger partial charge in [0.2, 0.25) is 0 Å². The number of nitrogens with one attached hydrogen (secondary N) is 1. The molecule has 0 amide bonds. The molecule has 1 aromatic rings. The summed E-state index contributed by atoms with van der Waals surface area (Å²) in [6.07, 6.45) is 0.915. The molecule has 1 aliphatic heterocycles. The second-order valence-corrected chi connectivity index (χ2v) is 5.30. The molecule has 5 heteroatoms. The van der Waals surface area contributed by atoms with Crippen LogP contribution in [-0.2, 0) is 4.74 Å². The summed E-state index contributed by atoms with van der Waals surface area (Å²) in [6, 6.07) is 3.30. The summed E-state index contributed by atoms with van der Waals surface area (Å²) in [5.41, 5.74) is 7.07. The van der Waals surface area contributed by atoms with Crippen LogP contribution in [0.5, 0.6) is 0 Å². The fourth-order valence-corrected chi connectivity index (χ4v) is 2.34. The van der Waals surface area contributed by atoms with E-state index >= 15 is 0 Å². The van der Waals surface area contributed by atoms with Gasteiger partial charge >= 0.3 is 0 Å². The van der Waals surface area contributed by atoms with Gasteiger partial charge in [-0.2, -0.15) is 0 Å². The zero-order chi connectivity index (χ0) is 12.4. The van der Waals surface area contributed by atoms with Crippen molar-refractivity contribution >= 4 is 27.3 Å². The van der Waals surface area contributed by atoms with E-state index in [9.17, 15) is 4.39 Å². The van der Waals surface area contributed by atoms with Crippen LogP contribution in [0.4, 0.5) is 15.8 Å². The third kappa shape index (κ3) is 2.90. The second kappa shape index (κ2) is 5.23. The number of hydrogen-bond acceptors (Lipinski definition) is 3. The second-order valence-electron chi connectivity index (χ2n) is 4.45. The van der Waals surface area contributed by atoms with Crippen molar-refractivity contribution in [2.75, 3.05) is 24.3 Å². The van der Waals surface area contributed by atoms with Crippen molar-refractivity contribution < 1.29 is 9.13 Å². The number of nitrogen functional groups attached to an aromatic ring is 1. The Balaban J connectivity index is 2.15. The highest BCUT2D eigenvalue weighted by Crippen LogP contribution is 2.29. The molecule has 1 heterocycles. The summed E-state index contributed by atoms with van der Waals surface area (Å²) in [6.45, 7) is 3.58. The molecule has 1 saturated heterocycles. The molecule has 1 aromatic carbocycles. The molecule has 0 radical (unpaired) electrons. The molecular weight excluding hydrogens is 287 g/mol. The maximum absolute atomic E-state index is 13.4. The summed E-state index contributed by atoms with van der Waals surface area (Å²) in [5, 5.41) is 3.30. The first-order valence-corrected chi connectivity index (χ1v) is 6.46. The van der Waals surface area contributed by atoms with E-state index in [-0.39, 0.29) is 11.9 Å². The number of halogens is 2. The van der Waals surface area contributed by atoms with Crippen LogP contribution in [0.1, 0.15) is 13.3 Å². The largest absolute Gasteiger partial charge is 0.397 e. The molecule has 0 aromatic heterocycles. The Bertz CT molecular complexity index is 414. The number of hydrogen-bond donors (Lipinski definition) is 2. The zero-order valence-corrected chi connectivity index (χ0v) is 11.3. The van der Waals surface area contributed by atoms with Crippen molar-refractivity contribution in [2.24, 2.45) is 5.92 Å². The van der Waals surface area contributed by atoms with Crippen LogP contribution >= 0.6 is 15.9 Å². The monoisotopic (exact) mass is 302 g/mol. The van der Waals surface area contributed by atoms with Gasteiger partial charge in [-0.25, -0.2) is 4.39 Å². The van der Waals surface area contributed by atoms with Gasteiger partial charge in [-0.1, -0.05) is 6.92 Å². The molecule has 1 aliphatic rings. The van der Waals surface area contributed by atoms with Crippen molar-refractivity contribution in [3.8, 4) is 0 Å². The standard InChI is InChI=1S/C12H16BrFN2O/c1-7-6-17-3-2-11(7)16-12-5-9(14)8(13)4-10(12)15/h4-5,7,11,16H,2-3,6,15H2,1H3. The molecule has 3 N–H and O–H groups in total. The highest BCUT2D eigenvalue weighted by atomic mass is 79.9. The highest BCUT2D eigenvalue weighted by molar-refractivity contribution is 9.10. The predicted octanol–water partition coefficient (Wildman–Crippen LogP) is 3.01. The Labute approximate surface area is 109 Å². The fraction of sp³-hybridized carbons (Fsp3) is 0.500. The van der Waals surface area contributed by atoms with Crippen LogP contribution in [0.3, 0.4) is 0 Å². The predicted molar refractivity (Wildman–Crippen MR) is 70.5 cm³/mol. The maximum atomic E-state index is 13.4. The lowest BCUT2D eigenvalue weighted by Crippen LogP contribution is -2.36. The third-order valence-electron chi connectivity index (χ3n) is 3.07. The van der Waals surface area contributed by atoms with Crippen LogP contribution in [0, 0.1) is 11.7 Å². The van der Waals surface area contributed by atoms with E-state index in [1.807, 2.05) is 0 Å². The van der Waals surface area contributed by atoms with E-state index in [0.29, 0.717) is 21.8 Å². The Morgan fingerprint density at radius 3 is 3.00 bits per heavy atom. The lowest BCUT2D eigenvalue weighted by molar-refractivity contribution is 0.0538. The van der Waals surface area contributed by atoms with Crippen LogP contribution in [0.25, 0.3) is 0 Å². The molecule has 2 atom stereocenters. The number of benzene rings is 1. The Kier molecular flexibility index (Phi) is 3.89. The highest BCUT2D eigenvalue weighted by Gasteiger charge is 2.22. The van der Waals surface area contributed by atoms with E-state index in [1.165, 1.54) is 6.07 Å². The van der Waals surface area contributed by atoms with Crippen molar-refractivity contribution in [3.63, 3.8) is 0 Å². The van der Waals surface area contributed by atoms with Gasteiger partial charge in [0, 0.05) is 18.7 Å². The van der Waals surface area contributed by atoms with Gasteiger partial charge in [-0.05, 0) is 34.3 Å². The lowest BCUT2D eigenvalue weighted by Gasteiger charge is -2.30. The molecule has 1 fully saturated rings. The van der Waals surface area contributed by atoms with Gasteiger partial charge in [-0.3, -0.25) is 0 Å². The van der Waals surface area contributed by atoms with Crippen LogP contribution < -0.4 is 11.1 Å². The molecule has 2 rings (SSSR count). The van der Waals surface area contributed by atoms with Gasteiger partial charge in [0.1, 0.15) is 5.82 Å². The minimum absolute atomic E-state index is 0.284. The van der Waals surface area contributed by atoms with Gasteiger partial charge in [0.15, 0.2) is 0 Å². The van der Waals surface area contributed by atoms with Crippen LogP contribution in [-0.4, -0.2) is 19.3 Å². The minimum Gasteiger partial charge on any atom is -0.397 e. The molecular formula is C12H16BrFN2O. The normalized spacial score (nSPS) is 24.6. The summed E-state index contributed by atoms with van der Waals surface area (Å²) < 4.78 is 19.2. The summed E-state index contributed by atoms with van der Waals surface area (Å²) in [4.78, 5) is 0. The van der Waals surface area contributed by atoms with Gasteiger partial charge in [-0.15, -0.1) is 0 Å². The first-order valence-electron chi connectivity index (χ1n) is 5.66. The summed E-state index contributed by atoms with van der Waals surface area (Å²) in [7, 11) is 0. The van der Waals surface area contributed by atoms with E-state index in [2.05, 4.69) is 28.2 Å². The van der Waals surface area contributed by atoms with Crippen molar-refractivity contribution in [3.05, 3.63) is 22.4 Å². The van der Waals surface area contributed by atoms with Crippen molar-refractivity contribution in [1.29, 1.82) is 0 Å². The maximum Gasteiger partial charge on any atom is 0.139 e. The van der Waals surface area contributed by atoms with Crippen molar-refractivity contribution in [1.82, 2.24) is 0 Å². The minimum atomic E-state index is -0.304. The molecule has 3 nitrogen and oxygen atoms in total. The van der Waals surface area contributed by atoms with Gasteiger partial charge in [0.05, 0.1) is 22.5 Å². The number of anilines is 2. The summed E-state index contributed by atoms with van der Waals surface area (Å²) in [5.74, 6) is 0.0938. The molecule has 0 aliphatic carbocycles. The Hall–Kier alpha value is -0.810. The van der Waals surface area contributed by atoms with Gasteiger partial charge < -0.3 is 15.8 Å². The quantitative estimate of drug-likeness (QED) is 0.826. The van der Waals surface area contributed by atoms with E-state index in [0.717, 1.165) is 19.6 Å². The Morgan fingerprint density at radius 1 is 1.53 bits per heavy atom. The number of nitrogens with two attached hydrogens (primary N) is 1. The van der Waals surface area contributed by atoms with Crippen LogP contribution in [0.15, 0.2) is 16.6 Å². The average molecular weight is 303 g/mol. The van der Waals surface area contributed by atoms with Crippen LogP contribution in [0.2, 0.25) is 0 Å². The molecule has 94 valence electrons. The average Bonchev–Trinajstić information content (AvgIpc) is 2.29. The smallest absolute Gasteiger partial charge is 0.139 e. The molecule has 2 unspecified atom stereocenters. The lowest BCUT2D eigenvalue weighted by atomic mass is 9.97. The zero-order valence-electron chi connectivity index (χ0n) is 9.67.